The Morgan fingerprint density at radius 3 is 1.90 bits per heavy atom. The normalized spacial score (nSPS) is 20.3. The van der Waals surface area contributed by atoms with Crippen molar-refractivity contribution in [3.8, 4) is 0 Å². The van der Waals surface area contributed by atoms with Crippen molar-refractivity contribution in [2.45, 2.75) is 106 Å². The van der Waals surface area contributed by atoms with E-state index in [1.54, 1.807) is 41.5 Å². The summed E-state index contributed by atoms with van der Waals surface area (Å²) < 4.78 is 16.7. The van der Waals surface area contributed by atoms with E-state index in [1.165, 1.54) is 5.01 Å². The van der Waals surface area contributed by atoms with Crippen LogP contribution in [0.1, 0.15) is 88.5 Å². The van der Waals surface area contributed by atoms with Crippen molar-refractivity contribution in [2.24, 2.45) is 11.3 Å². The molecule has 0 aromatic rings. The molecule has 8 heteroatoms. The van der Waals surface area contributed by atoms with Crippen LogP contribution in [0.5, 0.6) is 0 Å². The number of hydrogen-bond donors (Lipinski definition) is 0. The molecule has 1 aliphatic rings. The molecule has 0 aliphatic carbocycles. The van der Waals surface area contributed by atoms with Gasteiger partial charge in [-0.25, -0.2) is 19.4 Å². The van der Waals surface area contributed by atoms with E-state index in [0.717, 1.165) is 17.9 Å². The average Bonchev–Trinajstić information content (AvgIpc) is 2.56. The van der Waals surface area contributed by atoms with Crippen LogP contribution in [-0.4, -0.2) is 58.6 Å². The molecule has 1 heterocycles. The van der Waals surface area contributed by atoms with Crippen molar-refractivity contribution < 1.29 is 28.6 Å². The van der Waals surface area contributed by atoms with Gasteiger partial charge in [0, 0.05) is 6.54 Å². The van der Waals surface area contributed by atoms with Crippen molar-refractivity contribution >= 4 is 18.2 Å². The SMILES string of the molecule is CCCC(C)(C)COC(=O)[C@@H]1[C@@H](C)CCN(C(=O)OC(C)(C)C)N1C(=O)OC(C)(C)C. The van der Waals surface area contributed by atoms with Crippen LogP contribution in [0.4, 0.5) is 9.59 Å². The average molecular weight is 443 g/mol. The standard InChI is InChI=1S/C23H42N2O6/c1-11-13-23(9,10)15-29-18(26)17-16(2)12-14-24(19(27)30-21(3,4)5)25(17)20(28)31-22(6,7)8/h16-17H,11-15H2,1-10H3/t16-,17-/m0/s1. The zero-order chi connectivity index (χ0) is 24.2. The molecule has 0 radical (unpaired) electrons. The van der Waals surface area contributed by atoms with Crippen molar-refractivity contribution in [2.75, 3.05) is 13.2 Å². The lowest BCUT2D eigenvalue weighted by Gasteiger charge is -2.45. The number of hydrazine groups is 1. The second kappa shape index (κ2) is 10.1. The number of rotatable bonds is 5. The predicted molar refractivity (Wildman–Crippen MR) is 118 cm³/mol. The van der Waals surface area contributed by atoms with Gasteiger partial charge in [-0.15, -0.1) is 0 Å². The Hall–Kier alpha value is -1.99. The van der Waals surface area contributed by atoms with E-state index >= 15 is 0 Å². The minimum atomic E-state index is -0.978. The molecule has 0 bridgehead atoms. The number of hydrogen-bond acceptors (Lipinski definition) is 6. The summed E-state index contributed by atoms with van der Waals surface area (Å²) in [5.41, 5.74) is -1.72. The van der Waals surface area contributed by atoms with Gasteiger partial charge in [0.2, 0.25) is 0 Å². The minimum absolute atomic E-state index is 0.177. The highest BCUT2D eigenvalue weighted by Gasteiger charge is 2.47. The fourth-order valence-corrected chi connectivity index (χ4v) is 3.43. The highest BCUT2D eigenvalue weighted by Crippen LogP contribution is 2.30. The second-order valence-corrected chi connectivity index (χ2v) is 11.2. The van der Waals surface area contributed by atoms with Gasteiger partial charge in [-0.05, 0) is 65.7 Å². The van der Waals surface area contributed by atoms with Gasteiger partial charge in [-0.2, -0.15) is 5.01 Å². The van der Waals surface area contributed by atoms with Crippen LogP contribution in [-0.2, 0) is 19.0 Å². The van der Waals surface area contributed by atoms with Gasteiger partial charge >= 0.3 is 18.2 Å². The molecule has 0 saturated carbocycles. The smallest absolute Gasteiger partial charge is 0.430 e. The Morgan fingerprint density at radius 2 is 1.42 bits per heavy atom. The number of ether oxygens (including phenoxy) is 3. The summed E-state index contributed by atoms with van der Waals surface area (Å²) >= 11 is 0. The third-order valence-electron chi connectivity index (χ3n) is 4.82. The van der Waals surface area contributed by atoms with Gasteiger partial charge in [0.25, 0.3) is 0 Å². The molecule has 2 amide bonds. The Labute approximate surface area is 187 Å². The Morgan fingerprint density at radius 1 is 0.903 bits per heavy atom. The van der Waals surface area contributed by atoms with Crippen molar-refractivity contribution in [3.63, 3.8) is 0 Å². The van der Waals surface area contributed by atoms with Crippen LogP contribution in [0, 0.1) is 11.3 Å². The van der Waals surface area contributed by atoms with E-state index in [9.17, 15) is 14.4 Å². The summed E-state index contributed by atoms with van der Waals surface area (Å²) in [6.45, 7) is 18.9. The van der Waals surface area contributed by atoms with Gasteiger partial charge in [-0.3, -0.25) is 0 Å². The van der Waals surface area contributed by atoms with Crippen LogP contribution in [0.3, 0.4) is 0 Å². The minimum Gasteiger partial charge on any atom is -0.464 e. The predicted octanol–water partition coefficient (Wildman–Crippen LogP) is 5.15. The van der Waals surface area contributed by atoms with Gasteiger partial charge in [0.15, 0.2) is 6.04 Å². The lowest BCUT2D eigenvalue weighted by atomic mass is 9.89. The topological polar surface area (TPSA) is 85.4 Å². The number of amides is 2. The maximum absolute atomic E-state index is 13.1. The lowest BCUT2D eigenvalue weighted by Crippen LogP contribution is -2.64. The van der Waals surface area contributed by atoms with Crippen molar-refractivity contribution in [3.05, 3.63) is 0 Å². The second-order valence-electron chi connectivity index (χ2n) is 11.2. The summed E-state index contributed by atoms with van der Waals surface area (Å²) in [6, 6.07) is -0.978. The van der Waals surface area contributed by atoms with Gasteiger partial charge in [-0.1, -0.05) is 34.1 Å². The van der Waals surface area contributed by atoms with Gasteiger partial charge < -0.3 is 14.2 Å². The van der Waals surface area contributed by atoms with Crippen LogP contribution < -0.4 is 0 Å². The number of carbonyl (C=O) groups excluding carboxylic acids is 3. The van der Waals surface area contributed by atoms with E-state index in [1.807, 2.05) is 20.8 Å². The summed E-state index contributed by atoms with van der Waals surface area (Å²) in [5, 5.41) is 2.26. The molecule has 1 rings (SSSR count). The third kappa shape index (κ3) is 8.57. The Balaban J connectivity index is 3.21. The van der Waals surface area contributed by atoms with Crippen molar-refractivity contribution in [1.29, 1.82) is 0 Å². The molecule has 8 nitrogen and oxygen atoms in total. The number of nitrogens with zero attached hydrogens (tertiary/aromatic N) is 2. The maximum atomic E-state index is 13.1. The Kier molecular flexibility index (Phi) is 8.80. The number of carbonyl (C=O) groups is 3. The monoisotopic (exact) mass is 442 g/mol. The zero-order valence-electron chi connectivity index (χ0n) is 21.0. The van der Waals surface area contributed by atoms with Crippen LogP contribution in [0.2, 0.25) is 0 Å². The van der Waals surface area contributed by atoms with Crippen LogP contribution in [0.15, 0.2) is 0 Å². The maximum Gasteiger partial charge on any atom is 0.430 e. The van der Waals surface area contributed by atoms with E-state index < -0.39 is 35.4 Å². The largest absolute Gasteiger partial charge is 0.464 e. The van der Waals surface area contributed by atoms with Gasteiger partial charge in [0.1, 0.15) is 11.2 Å². The molecule has 0 N–H and O–H groups in total. The molecule has 0 aromatic heterocycles. The molecule has 2 atom stereocenters. The molecule has 0 spiro atoms. The highest BCUT2D eigenvalue weighted by molar-refractivity contribution is 5.84. The molecular formula is C23H42N2O6. The first kappa shape index (κ1) is 27.0. The van der Waals surface area contributed by atoms with Gasteiger partial charge in [0.05, 0.1) is 6.61 Å². The fourth-order valence-electron chi connectivity index (χ4n) is 3.43. The van der Waals surface area contributed by atoms with E-state index in [4.69, 9.17) is 14.2 Å². The summed E-state index contributed by atoms with van der Waals surface area (Å²) in [6.07, 6.45) is 0.923. The Bertz CT molecular complexity index is 647. The lowest BCUT2D eigenvalue weighted by molar-refractivity contribution is -0.169. The first-order chi connectivity index (χ1) is 14.0. The summed E-state index contributed by atoms with van der Waals surface area (Å²) in [5.74, 6) is -0.760. The molecule has 0 aromatic carbocycles. The molecule has 31 heavy (non-hydrogen) atoms. The molecule has 1 fully saturated rings. The third-order valence-corrected chi connectivity index (χ3v) is 4.82. The van der Waals surface area contributed by atoms with E-state index in [2.05, 4.69) is 6.92 Å². The molecule has 1 saturated heterocycles. The van der Waals surface area contributed by atoms with Crippen LogP contribution >= 0.6 is 0 Å². The summed E-state index contributed by atoms with van der Waals surface area (Å²) in [4.78, 5) is 39.1. The molecule has 180 valence electrons. The van der Waals surface area contributed by atoms with Crippen LogP contribution in [0.25, 0.3) is 0 Å². The van der Waals surface area contributed by atoms with E-state index in [0.29, 0.717) is 6.42 Å². The molecule has 0 unspecified atom stereocenters. The zero-order valence-corrected chi connectivity index (χ0v) is 21.0. The van der Waals surface area contributed by atoms with Crippen molar-refractivity contribution in [1.82, 2.24) is 10.0 Å². The molecule has 1 aliphatic heterocycles. The number of esters is 1. The van der Waals surface area contributed by atoms with E-state index in [-0.39, 0.29) is 24.5 Å². The highest BCUT2D eigenvalue weighted by atomic mass is 16.6. The first-order valence-corrected chi connectivity index (χ1v) is 11.2. The molecular weight excluding hydrogens is 400 g/mol. The quantitative estimate of drug-likeness (QED) is 0.432. The first-order valence-electron chi connectivity index (χ1n) is 11.2. The summed E-state index contributed by atoms with van der Waals surface area (Å²) in [7, 11) is 0. The fraction of sp³-hybridized carbons (Fsp3) is 0.870.